The van der Waals surface area contributed by atoms with E-state index in [0.717, 1.165) is 15.7 Å². The van der Waals surface area contributed by atoms with Crippen LogP contribution in [0.25, 0.3) is 0 Å². The van der Waals surface area contributed by atoms with E-state index in [1.54, 1.807) is 30.3 Å². The Morgan fingerprint density at radius 2 is 2.05 bits per heavy atom. The Balaban J connectivity index is 1.95. The van der Waals surface area contributed by atoms with E-state index < -0.39 is 0 Å². The van der Waals surface area contributed by atoms with Gasteiger partial charge in [0, 0.05) is 16.8 Å². The van der Waals surface area contributed by atoms with Crippen molar-refractivity contribution in [1.29, 1.82) is 0 Å². The van der Waals surface area contributed by atoms with Crippen LogP contribution >= 0.6 is 27.5 Å². The Hall–Kier alpha value is -1.72. The molecule has 1 heterocycles. The van der Waals surface area contributed by atoms with Gasteiger partial charge in [-0.1, -0.05) is 11.6 Å². The first kappa shape index (κ1) is 13.3. The molecule has 0 radical (unpaired) electrons. The zero-order chi connectivity index (χ0) is 14.3. The molecule has 2 aromatic carbocycles. The van der Waals surface area contributed by atoms with Crippen LogP contribution in [0.3, 0.4) is 0 Å². The van der Waals surface area contributed by atoms with Crippen LogP contribution in [-0.2, 0) is 11.2 Å². The number of nitrogens with two attached hydrogens (primary N) is 1. The maximum atomic E-state index is 11.4. The van der Waals surface area contributed by atoms with Gasteiger partial charge in [-0.15, -0.1) is 0 Å². The van der Waals surface area contributed by atoms with Gasteiger partial charge in [0.05, 0.1) is 16.6 Å². The van der Waals surface area contributed by atoms with E-state index in [0.29, 0.717) is 28.6 Å². The molecule has 3 N–H and O–H groups in total. The lowest BCUT2D eigenvalue weighted by Crippen LogP contribution is -2.03. The first-order valence-corrected chi connectivity index (χ1v) is 7.05. The summed E-state index contributed by atoms with van der Waals surface area (Å²) in [5.41, 5.74) is 8.07. The normalized spacial score (nSPS) is 13.0. The van der Waals surface area contributed by atoms with Crippen LogP contribution in [0, 0.1) is 0 Å². The Morgan fingerprint density at radius 1 is 1.25 bits per heavy atom. The number of nitrogen functional groups attached to an aromatic ring is 1. The molecule has 0 bridgehead atoms. The van der Waals surface area contributed by atoms with Crippen LogP contribution in [0.1, 0.15) is 5.56 Å². The van der Waals surface area contributed by atoms with E-state index in [2.05, 4.69) is 21.2 Å². The van der Waals surface area contributed by atoms with Gasteiger partial charge < -0.3 is 15.8 Å². The lowest BCUT2D eigenvalue weighted by molar-refractivity contribution is -0.115. The summed E-state index contributed by atoms with van der Waals surface area (Å²) in [6.07, 6.45) is 0.352. The SMILES string of the molecule is Nc1cc2c(cc1Oc1ccc(Cl)cc1Br)NC(=O)C2. The topological polar surface area (TPSA) is 64.3 Å². The van der Waals surface area contributed by atoms with E-state index in [9.17, 15) is 4.79 Å². The zero-order valence-electron chi connectivity index (χ0n) is 10.2. The fourth-order valence-corrected chi connectivity index (χ4v) is 2.80. The van der Waals surface area contributed by atoms with Crippen molar-refractivity contribution >= 4 is 44.8 Å². The van der Waals surface area contributed by atoms with Gasteiger partial charge in [0.15, 0.2) is 5.75 Å². The summed E-state index contributed by atoms with van der Waals surface area (Å²) in [5, 5.41) is 3.38. The fourth-order valence-electron chi connectivity index (χ4n) is 2.04. The van der Waals surface area contributed by atoms with Gasteiger partial charge in [0.25, 0.3) is 0 Å². The predicted octanol–water partition coefficient (Wildman–Crippen LogP) is 3.97. The smallest absolute Gasteiger partial charge is 0.228 e. The average Bonchev–Trinajstić information content (AvgIpc) is 2.72. The number of ether oxygens (including phenoxy) is 1. The minimum absolute atomic E-state index is 0.0378. The molecule has 0 atom stereocenters. The molecule has 0 aliphatic carbocycles. The van der Waals surface area contributed by atoms with E-state index in [-0.39, 0.29) is 5.91 Å². The van der Waals surface area contributed by atoms with Crippen LogP contribution in [-0.4, -0.2) is 5.91 Å². The molecule has 0 saturated carbocycles. The highest BCUT2D eigenvalue weighted by Crippen LogP contribution is 2.38. The number of halogens is 2. The van der Waals surface area contributed by atoms with Crippen molar-refractivity contribution < 1.29 is 9.53 Å². The molecule has 1 amide bonds. The summed E-state index contributed by atoms with van der Waals surface area (Å²) in [4.78, 5) is 11.4. The number of carbonyl (C=O) groups is 1. The minimum Gasteiger partial charge on any atom is -0.454 e. The summed E-state index contributed by atoms with van der Waals surface area (Å²) in [6.45, 7) is 0. The van der Waals surface area contributed by atoms with Crippen LogP contribution in [0.2, 0.25) is 5.02 Å². The van der Waals surface area contributed by atoms with Gasteiger partial charge in [-0.3, -0.25) is 4.79 Å². The van der Waals surface area contributed by atoms with Gasteiger partial charge in [0.2, 0.25) is 5.91 Å². The number of fused-ring (bicyclic) bond motifs is 1. The Labute approximate surface area is 129 Å². The number of benzene rings is 2. The van der Waals surface area contributed by atoms with Crippen LogP contribution < -0.4 is 15.8 Å². The Bertz CT molecular complexity index is 719. The van der Waals surface area contributed by atoms with E-state index in [1.807, 2.05) is 0 Å². The maximum absolute atomic E-state index is 11.4. The summed E-state index contributed by atoms with van der Waals surface area (Å²) in [6, 6.07) is 8.70. The second-order valence-corrected chi connectivity index (χ2v) is 5.74. The molecule has 0 unspecified atom stereocenters. The van der Waals surface area contributed by atoms with Gasteiger partial charge in [-0.25, -0.2) is 0 Å². The molecule has 2 aromatic rings. The largest absolute Gasteiger partial charge is 0.454 e. The summed E-state index contributed by atoms with van der Waals surface area (Å²) in [5.74, 6) is 1.06. The molecule has 3 rings (SSSR count). The van der Waals surface area contributed by atoms with Crippen molar-refractivity contribution in [2.24, 2.45) is 0 Å². The standard InChI is InChI=1S/C14H10BrClN2O2/c15-9-5-8(16)1-2-12(9)20-13-6-11-7(3-10(13)17)4-14(19)18-11/h1-3,5-6H,4,17H2,(H,18,19). The Kier molecular flexibility index (Phi) is 3.31. The highest BCUT2D eigenvalue weighted by atomic mass is 79.9. The fraction of sp³-hybridized carbons (Fsp3) is 0.0714. The van der Waals surface area contributed by atoms with Crippen molar-refractivity contribution in [3.8, 4) is 11.5 Å². The lowest BCUT2D eigenvalue weighted by atomic mass is 10.1. The van der Waals surface area contributed by atoms with Crippen LogP contribution in [0.4, 0.5) is 11.4 Å². The molecule has 0 aromatic heterocycles. The van der Waals surface area contributed by atoms with Crippen molar-refractivity contribution in [3.63, 3.8) is 0 Å². The third kappa shape index (κ3) is 2.46. The summed E-state index contributed by atoms with van der Waals surface area (Å²) >= 11 is 9.27. The van der Waals surface area contributed by atoms with Crippen molar-refractivity contribution in [1.82, 2.24) is 0 Å². The molecular weight excluding hydrogens is 344 g/mol. The van der Waals surface area contributed by atoms with Gasteiger partial charge in [0.1, 0.15) is 5.75 Å². The highest BCUT2D eigenvalue weighted by molar-refractivity contribution is 9.10. The molecule has 0 saturated heterocycles. The van der Waals surface area contributed by atoms with Gasteiger partial charge in [-0.05, 0) is 45.8 Å². The molecule has 4 nitrogen and oxygen atoms in total. The summed E-state index contributed by atoms with van der Waals surface area (Å²) < 4.78 is 6.50. The molecule has 0 spiro atoms. The minimum atomic E-state index is -0.0378. The van der Waals surface area contributed by atoms with Crippen molar-refractivity contribution in [3.05, 3.63) is 45.4 Å². The van der Waals surface area contributed by atoms with E-state index >= 15 is 0 Å². The number of amides is 1. The number of rotatable bonds is 2. The number of nitrogens with one attached hydrogen (secondary N) is 1. The van der Waals surface area contributed by atoms with Crippen molar-refractivity contribution in [2.75, 3.05) is 11.1 Å². The summed E-state index contributed by atoms with van der Waals surface area (Å²) in [7, 11) is 0. The number of carbonyl (C=O) groups excluding carboxylic acids is 1. The lowest BCUT2D eigenvalue weighted by Gasteiger charge is -2.12. The molecule has 1 aliphatic heterocycles. The van der Waals surface area contributed by atoms with Crippen LogP contribution in [0.5, 0.6) is 11.5 Å². The third-order valence-corrected chi connectivity index (χ3v) is 3.83. The molecular formula is C14H10BrClN2O2. The van der Waals surface area contributed by atoms with Crippen LogP contribution in [0.15, 0.2) is 34.8 Å². The second-order valence-electron chi connectivity index (χ2n) is 4.45. The quantitative estimate of drug-likeness (QED) is 0.803. The monoisotopic (exact) mass is 352 g/mol. The molecule has 0 fully saturated rings. The predicted molar refractivity (Wildman–Crippen MR) is 82.4 cm³/mol. The maximum Gasteiger partial charge on any atom is 0.228 e. The van der Waals surface area contributed by atoms with Crippen molar-refractivity contribution in [2.45, 2.75) is 6.42 Å². The Morgan fingerprint density at radius 3 is 2.80 bits per heavy atom. The molecule has 1 aliphatic rings. The molecule has 6 heteroatoms. The first-order valence-electron chi connectivity index (χ1n) is 5.88. The molecule has 102 valence electrons. The zero-order valence-corrected chi connectivity index (χ0v) is 12.6. The van der Waals surface area contributed by atoms with E-state index in [4.69, 9.17) is 22.1 Å². The van der Waals surface area contributed by atoms with Gasteiger partial charge in [-0.2, -0.15) is 0 Å². The number of hydrogen-bond acceptors (Lipinski definition) is 3. The van der Waals surface area contributed by atoms with Gasteiger partial charge >= 0.3 is 0 Å². The van der Waals surface area contributed by atoms with E-state index in [1.165, 1.54) is 0 Å². The first-order chi connectivity index (χ1) is 9.52. The average molecular weight is 354 g/mol. The highest BCUT2D eigenvalue weighted by Gasteiger charge is 2.20. The number of hydrogen-bond donors (Lipinski definition) is 2. The molecule has 20 heavy (non-hydrogen) atoms. The second kappa shape index (κ2) is 5.00. The third-order valence-electron chi connectivity index (χ3n) is 2.97. The number of anilines is 2.